The topological polar surface area (TPSA) is 29.1 Å². The van der Waals surface area contributed by atoms with Crippen molar-refractivity contribution in [2.75, 3.05) is 6.54 Å². The van der Waals surface area contributed by atoms with Crippen LogP contribution >= 0.6 is 11.6 Å². The average Bonchev–Trinajstić information content (AvgIpc) is 2.28. The number of aryl methyl sites for hydroxylation is 1. The van der Waals surface area contributed by atoms with Gasteiger partial charge in [-0.2, -0.15) is 0 Å². The Labute approximate surface area is 106 Å². The quantitative estimate of drug-likeness (QED) is 0.806. The highest BCUT2D eigenvalue weighted by molar-refractivity contribution is 6.20. The normalized spacial score (nSPS) is 12.2. The molecule has 0 aromatic heterocycles. The summed E-state index contributed by atoms with van der Waals surface area (Å²) in [6, 6.07) is 4.14. The highest BCUT2D eigenvalue weighted by Gasteiger charge is 2.09. The number of nitrogens with one attached hydrogen (secondary N) is 1. The number of carbonyl (C=O) groups excluding carboxylic acids is 1. The second-order valence-corrected chi connectivity index (χ2v) is 4.63. The Morgan fingerprint density at radius 1 is 1.53 bits per heavy atom. The molecule has 0 aliphatic heterocycles. The summed E-state index contributed by atoms with van der Waals surface area (Å²) in [7, 11) is 0. The van der Waals surface area contributed by atoms with Crippen molar-refractivity contribution in [1.29, 1.82) is 0 Å². The fraction of sp³-hybridized carbons (Fsp3) is 0.462. The molecule has 0 spiro atoms. The van der Waals surface area contributed by atoms with Gasteiger partial charge in [-0.25, -0.2) is 4.39 Å². The molecule has 2 nitrogen and oxygen atoms in total. The molecular formula is C13H17ClFNO. The average molecular weight is 258 g/mol. The van der Waals surface area contributed by atoms with Crippen LogP contribution in [0.1, 0.15) is 35.7 Å². The molecule has 1 aromatic carbocycles. The molecule has 1 rings (SSSR count). The van der Waals surface area contributed by atoms with Crippen molar-refractivity contribution in [1.82, 2.24) is 5.32 Å². The Bertz CT molecular complexity index is 395. The number of carbonyl (C=O) groups is 1. The summed E-state index contributed by atoms with van der Waals surface area (Å²) < 4.78 is 12.9. The fourth-order valence-electron chi connectivity index (χ4n) is 1.52. The molecule has 1 unspecified atom stereocenters. The number of halogens is 2. The van der Waals surface area contributed by atoms with E-state index in [4.69, 9.17) is 11.6 Å². The molecule has 1 atom stereocenters. The number of hydrogen-bond donors (Lipinski definition) is 1. The van der Waals surface area contributed by atoms with E-state index in [2.05, 4.69) is 5.32 Å². The summed E-state index contributed by atoms with van der Waals surface area (Å²) in [5.74, 6) is -0.506. The first-order valence-electron chi connectivity index (χ1n) is 5.73. The molecule has 1 amide bonds. The Balaban J connectivity index is 2.52. The molecule has 17 heavy (non-hydrogen) atoms. The van der Waals surface area contributed by atoms with Crippen LogP contribution in [0.15, 0.2) is 18.2 Å². The van der Waals surface area contributed by atoms with Crippen molar-refractivity contribution in [2.24, 2.45) is 0 Å². The maximum atomic E-state index is 12.9. The number of amides is 1. The van der Waals surface area contributed by atoms with E-state index < -0.39 is 0 Å². The first-order valence-corrected chi connectivity index (χ1v) is 6.16. The first kappa shape index (κ1) is 14.0. The van der Waals surface area contributed by atoms with E-state index in [1.165, 1.54) is 18.2 Å². The van der Waals surface area contributed by atoms with Gasteiger partial charge in [0.15, 0.2) is 0 Å². The molecule has 94 valence electrons. The number of hydrogen-bond acceptors (Lipinski definition) is 1. The van der Waals surface area contributed by atoms with Gasteiger partial charge in [0.2, 0.25) is 0 Å². The maximum Gasteiger partial charge on any atom is 0.251 e. The van der Waals surface area contributed by atoms with Crippen molar-refractivity contribution in [3.05, 3.63) is 35.1 Å². The number of rotatable bonds is 5. The summed E-state index contributed by atoms with van der Waals surface area (Å²) in [4.78, 5) is 11.8. The molecule has 1 N–H and O–H groups in total. The van der Waals surface area contributed by atoms with Crippen LogP contribution < -0.4 is 5.32 Å². The largest absolute Gasteiger partial charge is 0.352 e. The lowest BCUT2D eigenvalue weighted by Gasteiger charge is -2.09. The van der Waals surface area contributed by atoms with Gasteiger partial charge >= 0.3 is 0 Å². The third-order valence-electron chi connectivity index (χ3n) is 2.62. The van der Waals surface area contributed by atoms with Gasteiger partial charge in [0, 0.05) is 17.5 Å². The summed E-state index contributed by atoms with van der Waals surface area (Å²) in [5, 5.41) is 2.87. The molecule has 0 aliphatic rings. The molecule has 0 aliphatic carbocycles. The van der Waals surface area contributed by atoms with Gasteiger partial charge in [-0.1, -0.05) is 6.92 Å². The van der Waals surface area contributed by atoms with Crippen LogP contribution in [-0.4, -0.2) is 17.8 Å². The van der Waals surface area contributed by atoms with Crippen LogP contribution in [0.5, 0.6) is 0 Å². The van der Waals surface area contributed by atoms with Crippen LogP contribution in [0.4, 0.5) is 4.39 Å². The van der Waals surface area contributed by atoms with Crippen LogP contribution in [0.25, 0.3) is 0 Å². The van der Waals surface area contributed by atoms with E-state index in [1.54, 1.807) is 6.92 Å². The molecule has 0 bridgehead atoms. The smallest absolute Gasteiger partial charge is 0.251 e. The molecule has 0 heterocycles. The molecule has 0 saturated heterocycles. The van der Waals surface area contributed by atoms with Crippen molar-refractivity contribution in [2.45, 2.75) is 32.1 Å². The van der Waals surface area contributed by atoms with Crippen LogP contribution in [0.3, 0.4) is 0 Å². The summed E-state index contributed by atoms with van der Waals surface area (Å²) in [6.07, 6.45) is 1.62. The van der Waals surface area contributed by atoms with Crippen molar-refractivity contribution in [3.63, 3.8) is 0 Å². The summed E-state index contributed by atoms with van der Waals surface area (Å²) >= 11 is 5.95. The van der Waals surface area contributed by atoms with Gasteiger partial charge in [0.1, 0.15) is 5.82 Å². The standard InChI is InChI=1S/C13H17ClFNO/c1-3-10(14)6-7-16-13(17)12-5-4-11(15)8-9(12)2/h4-5,8,10H,3,6-7H2,1-2H3,(H,16,17). The van der Waals surface area contributed by atoms with E-state index in [0.717, 1.165) is 12.8 Å². The highest BCUT2D eigenvalue weighted by atomic mass is 35.5. The lowest BCUT2D eigenvalue weighted by Crippen LogP contribution is -2.26. The van der Waals surface area contributed by atoms with Gasteiger partial charge in [-0.05, 0) is 43.5 Å². The second-order valence-electron chi connectivity index (χ2n) is 4.01. The summed E-state index contributed by atoms with van der Waals surface area (Å²) in [6.45, 7) is 4.26. The molecule has 0 radical (unpaired) electrons. The first-order chi connectivity index (χ1) is 8.04. The van der Waals surface area contributed by atoms with E-state index >= 15 is 0 Å². The zero-order valence-corrected chi connectivity index (χ0v) is 10.9. The SMILES string of the molecule is CCC(Cl)CCNC(=O)c1ccc(F)cc1C. The molecule has 4 heteroatoms. The third kappa shape index (κ3) is 4.35. The lowest BCUT2D eigenvalue weighted by atomic mass is 10.1. The predicted octanol–water partition coefficient (Wildman–Crippen LogP) is 3.27. The molecule has 0 saturated carbocycles. The predicted molar refractivity (Wildman–Crippen MR) is 68.0 cm³/mol. The maximum absolute atomic E-state index is 12.9. The monoisotopic (exact) mass is 257 g/mol. The highest BCUT2D eigenvalue weighted by Crippen LogP contribution is 2.10. The Morgan fingerprint density at radius 3 is 2.82 bits per heavy atom. The number of alkyl halides is 1. The Kier molecular flexibility index (Phi) is 5.42. The zero-order chi connectivity index (χ0) is 12.8. The van der Waals surface area contributed by atoms with E-state index in [1.807, 2.05) is 6.92 Å². The minimum atomic E-state index is -0.328. The van der Waals surface area contributed by atoms with Crippen LogP contribution in [0, 0.1) is 12.7 Å². The summed E-state index contributed by atoms with van der Waals surface area (Å²) in [5.41, 5.74) is 1.15. The Morgan fingerprint density at radius 2 is 2.24 bits per heavy atom. The van der Waals surface area contributed by atoms with Crippen molar-refractivity contribution >= 4 is 17.5 Å². The van der Waals surface area contributed by atoms with Crippen molar-refractivity contribution < 1.29 is 9.18 Å². The number of benzene rings is 1. The van der Waals surface area contributed by atoms with E-state index in [9.17, 15) is 9.18 Å². The van der Waals surface area contributed by atoms with E-state index in [0.29, 0.717) is 17.7 Å². The van der Waals surface area contributed by atoms with Gasteiger partial charge in [0.25, 0.3) is 5.91 Å². The third-order valence-corrected chi connectivity index (χ3v) is 3.15. The van der Waals surface area contributed by atoms with Gasteiger partial charge in [-0.3, -0.25) is 4.79 Å². The molecule has 1 aromatic rings. The zero-order valence-electron chi connectivity index (χ0n) is 10.1. The van der Waals surface area contributed by atoms with Crippen LogP contribution in [-0.2, 0) is 0 Å². The van der Waals surface area contributed by atoms with Gasteiger partial charge < -0.3 is 5.32 Å². The van der Waals surface area contributed by atoms with Gasteiger partial charge in [0.05, 0.1) is 0 Å². The molecular weight excluding hydrogens is 241 g/mol. The fourth-order valence-corrected chi connectivity index (χ4v) is 1.63. The minimum absolute atomic E-state index is 0.0876. The Hall–Kier alpha value is -1.09. The lowest BCUT2D eigenvalue weighted by molar-refractivity contribution is 0.0952. The second kappa shape index (κ2) is 6.60. The minimum Gasteiger partial charge on any atom is -0.352 e. The van der Waals surface area contributed by atoms with Crippen molar-refractivity contribution in [3.8, 4) is 0 Å². The van der Waals surface area contributed by atoms with Crippen LogP contribution in [0.2, 0.25) is 0 Å². The van der Waals surface area contributed by atoms with Gasteiger partial charge in [-0.15, -0.1) is 11.6 Å². The molecule has 0 fully saturated rings. The van der Waals surface area contributed by atoms with E-state index in [-0.39, 0.29) is 17.1 Å².